The maximum atomic E-state index is 12.7. The van der Waals surface area contributed by atoms with E-state index in [-0.39, 0.29) is 23.0 Å². The average Bonchev–Trinajstić information content (AvgIpc) is 2.46. The Balaban J connectivity index is 2.48. The number of phenols is 2. The molecule has 0 aliphatic heterocycles. The summed E-state index contributed by atoms with van der Waals surface area (Å²) in [6, 6.07) is 9.80. The van der Waals surface area contributed by atoms with Gasteiger partial charge < -0.3 is 15.1 Å². The highest BCUT2D eigenvalue weighted by Crippen LogP contribution is 2.28. The van der Waals surface area contributed by atoms with Crippen LogP contribution in [0.3, 0.4) is 0 Å². The first kappa shape index (κ1) is 15.6. The van der Waals surface area contributed by atoms with Crippen LogP contribution in [-0.4, -0.2) is 22.7 Å². The highest BCUT2D eigenvalue weighted by molar-refractivity contribution is 14.1. The molecule has 21 heavy (non-hydrogen) atoms. The second kappa shape index (κ2) is 6.34. The number of halogens is 1. The lowest BCUT2D eigenvalue weighted by Crippen LogP contribution is -2.31. The van der Waals surface area contributed by atoms with Gasteiger partial charge >= 0.3 is 0 Å². The van der Waals surface area contributed by atoms with Crippen molar-refractivity contribution in [1.29, 1.82) is 0 Å². The Morgan fingerprint density at radius 2 is 1.90 bits per heavy atom. The van der Waals surface area contributed by atoms with Crippen LogP contribution in [0.1, 0.15) is 22.8 Å². The van der Waals surface area contributed by atoms with E-state index < -0.39 is 0 Å². The lowest BCUT2D eigenvalue weighted by molar-refractivity contribution is 0.0985. The fourth-order valence-corrected chi connectivity index (χ4v) is 2.63. The zero-order valence-electron chi connectivity index (χ0n) is 11.8. The molecular weight excluding hydrogens is 381 g/mol. The lowest BCUT2D eigenvalue weighted by Gasteiger charge is -2.23. The maximum absolute atomic E-state index is 12.7. The molecule has 0 saturated carbocycles. The van der Waals surface area contributed by atoms with Gasteiger partial charge in [0.1, 0.15) is 11.5 Å². The molecule has 0 aromatic heterocycles. The number of aromatic hydroxyl groups is 2. The van der Waals surface area contributed by atoms with Crippen molar-refractivity contribution < 1.29 is 15.0 Å². The van der Waals surface area contributed by atoms with Crippen LogP contribution in [0.4, 0.5) is 5.69 Å². The summed E-state index contributed by atoms with van der Waals surface area (Å²) in [6.45, 7) is 4.17. The molecule has 2 aromatic carbocycles. The van der Waals surface area contributed by atoms with Gasteiger partial charge in [-0.25, -0.2) is 0 Å². The fraction of sp³-hybridized carbons (Fsp3) is 0.188. The number of nitrogens with zero attached hydrogens (tertiary/aromatic N) is 1. The summed E-state index contributed by atoms with van der Waals surface area (Å²) in [6.07, 6.45) is 0. The predicted octanol–water partition coefficient (Wildman–Crippen LogP) is 3.68. The van der Waals surface area contributed by atoms with Crippen LogP contribution in [-0.2, 0) is 0 Å². The molecule has 5 heteroatoms. The van der Waals surface area contributed by atoms with Gasteiger partial charge in [0.15, 0.2) is 0 Å². The summed E-state index contributed by atoms with van der Waals surface area (Å²) in [7, 11) is 0. The van der Waals surface area contributed by atoms with E-state index in [1.54, 1.807) is 35.2 Å². The van der Waals surface area contributed by atoms with E-state index >= 15 is 0 Å². The van der Waals surface area contributed by atoms with E-state index in [1.165, 1.54) is 6.07 Å². The molecule has 0 saturated heterocycles. The highest BCUT2D eigenvalue weighted by atomic mass is 127. The minimum atomic E-state index is -0.290. The first-order chi connectivity index (χ1) is 9.93. The van der Waals surface area contributed by atoms with Crippen LogP contribution < -0.4 is 4.90 Å². The van der Waals surface area contributed by atoms with Gasteiger partial charge in [-0.15, -0.1) is 0 Å². The lowest BCUT2D eigenvalue weighted by atomic mass is 10.1. The van der Waals surface area contributed by atoms with Gasteiger partial charge in [-0.3, -0.25) is 4.79 Å². The molecule has 0 bridgehead atoms. The van der Waals surface area contributed by atoms with Crippen LogP contribution in [0.2, 0.25) is 0 Å². The largest absolute Gasteiger partial charge is 0.508 e. The first-order valence-electron chi connectivity index (χ1n) is 6.54. The standard InChI is InChI=1S/C16H16INO3/c1-3-18(14-9-12(19)6-4-10(14)2)16(21)13-8-11(17)5-7-15(13)20/h4-9,19-20H,3H2,1-2H3. The summed E-state index contributed by atoms with van der Waals surface area (Å²) >= 11 is 2.10. The number of hydrogen-bond donors (Lipinski definition) is 2. The minimum absolute atomic E-state index is 0.0447. The SMILES string of the molecule is CCN(C(=O)c1cc(I)ccc1O)c1cc(O)ccc1C. The summed E-state index contributed by atoms with van der Waals surface area (Å²) in [5.41, 5.74) is 1.78. The van der Waals surface area contributed by atoms with E-state index in [9.17, 15) is 15.0 Å². The molecule has 2 N–H and O–H groups in total. The number of rotatable bonds is 3. The first-order valence-corrected chi connectivity index (χ1v) is 7.62. The Bertz CT molecular complexity index is 685. The Hall–Kier alpha value is -1.76. The molecular formula is C16H16INO3. The molecule has 0 fully saturated rings. The summed E-state index contributed by atoms with van der Waals surface area (Å²) in [4.78, 5) is 14.2. The van der Waals surface area contributed by atoms with Gasteiger partial charge in [0, 0.05) is 16.2 Å². The highest BCUT2D eigenvalue weighted by Gasteiger charge is 2.21. The quantitative estimate of drug-likeness (QED) is 0.777. The van der Waals surface area contributed by atoms with Crippen molar-refractivity contribution in [1.82, 2.24) is 0 Å². The van der Waals surface area contributed by atoms with Crippen molar-refractivity contribution in [2.75, 3.05) is 11.4 Å². The van der Waals surface area contributed by atoms with Crippen LogP contribution in [0.5, 0.6) is 11.5 Å². The summed E-state index contributed by atoms with van der Waals surface area (Å²) in [5, 5.41) is 19.6. The molecule has 0 heterocycles. The second-order valence-electron chi connectivity index (χ2n) is 4.68. The smallest absolute Gasteiger partial charge is 0.262 e. The second-order valence-corrected chi connectivity index (χ2v) is 5.93. The Labute approximate surface area is 137 Å². The van der Waals surface area contributed by atoms with E-state index in [0.29, 0.717) is 12.2 Å². The normalized spacial score (nSPS) is 10.4. The summed E-state index contributed by atoms with van der Waals surface area (Å²) < 4.78 is 0.873. The fourth-order valence-electron chi connectivity index (χ4n) is 2.14. The Morgan fingerprint density at radius 3 is 2.57 bits per heavy atom. The third-order valence-corrected chi connectivity index (χ3v) is 3.90. The number of hydrogen-bond acceptors (Lipinski definition) is 3. The topological polar surface area (TPSA) is 60.8 Å². The van der Waals surface area contributed by atoms with Crippen molar-refractivity contribution in [3.05, 3.63) is 51.1 Å². The zero-order chi connectivity index (χ0) is 15.6. The number of anilines is 1. The molecule has 0 aliphatic rings. The van der Waals surface area contributed by atoms with Crippen molar-refractivity contribution in [3.8, 4) is 11.5 Å². The van der Waals surface area contributed by atoms with Gasteiger partial charge in [0.25, 0.3) is 5.91 Å². The number of amides is 1. The molecule has 110 valence electrons. The van der Waals surface area contributed by atoms with Gasteiger partial charge in [0.2, 0.25) is 0 Å². The molecule has 2 aromatic rings. The average molecular weight is 397 g/mol. The van der Waals surface area contributed by atoms with E-state index in [4.69, 9.17) is 0 Å². The minimum Gasteiger partial charge on any atom is -0.508 e. The van der Waals surface area contributed by atoms with Crippen molar-refractivity contribution in [3.63, 3.8) is 0 Å². The van der Waals surface area contributed by atoms with E-state index in [2.05, 4.69) is 22.6 Å². The molecule has 2 rings (SSSR count). The van der Waals surface area contributed by atoms with E-state index in [0.717, 1.165) is 9.13 Å². The van der Waals surface area contributed by atoms with Gasteiger partial charge in [0.05, 0.1) is 11.3 Å². The molecule has 0 aliphatic carbocycles. The van der Waals surface area contributed by atoms with Gasteiger partial charge in [-0.2, -0.15) is 0 Å². The number of aryl methyl sites for hydroxylation is 1. The number of carbonyl (C=O) groups is 1. The molecule has 0 atom stereocenters. The van der Waals surface area contributed by atoms with Gasteiger partial charge in [-0.05, 0) is 66.3 Å². The molecule has 0 unspecified atom stereocenters. The molecule has 0 spiro atoms. The summed E-state index contributed by atoms with van der Waals surface area (Å²) in [5.74, 6) is -0.229. The van der Waals surface area contributed by atoms with Crippen LogP contribution in [0.25, 0.3) is 0 Å². The van der Waals surface area contributed by atoms with Crippen molar-refractivity contribution in [2.45, 2.75) is 13.8 Å². The molecule has 0 radical (unpaired) electrons. The van der Waals surface area contributed by atoms with Gasteiger partial charge in [-0.1, -0.05) is 6.07 Å². The predicted molar refractivity (Wildman–Crippen MR) is 91.0 cm³/mol. The van der Waals surface area contributed by atoms with Crippen LogP contribution in [0.15, 0.2) is 36.4 Å². The number of carbonyl (C=O) groups excluding carboxylic acids is 1. The Morgan fingerprint density at radius 1 is 1.19 bits per heavy atom. The zero-order valence-corrected chi connectivity index (χ0v) is 14.0. The third-order valence-electron chi connectivity index (χ3n) is 3.23. The van der Waals surface area contributed by atoms with Crippen molar-refractivity contribution in [2.24, 2.45) is 0 Å². The third kappa shape index (κ3) is 3.29. The van der Waals surface area contributed by atoms with Crippen LogP contribution >= 0.6 is 22.6 Å². The monoisotopic (exact) mass is 397 g/mol. The molecule has 1 amide bonds. The number of phenolic OH excluding ortho intramolecular Hbond substituents is 2. The van der Waals surface area contributed by atoms with Crippen LogP contribution in [0, 0.1) is 10.5 Å². The maximum Gasteiger partial charge on any atom is 0.262 e. The Kier molecular flexibility index (Phi) is 4.72. The van der Waals surface area contributed by atoms with Crippen molar-refractivity contribution >= 4 is 34.2 Å². The number of benzene rings is 2. The van der Waals surface area contributed by atoms with E-state index in [1.807, 2.05) is 13.8 Å². The molecule has 4 nitrogen and oxygen atoms in total.